The predicted octanol–water partition coefficient (Wildman–Crippen LogP) is 4.88. The van der Waals surface area contributed by atoms with Gasteiger partial charge in [0.2, 0.25) is 0 Å². The van der Waals surface area contributed by atoms with E-state index in [-0.39, 0.29) is 37.1 Å². The van der Waals surface area contributed by atoms with Crippen molar-refractivity contribution in [1.29, 1.82) is 0 Å². The number of hydrogen-bond acceptors (Lipinski definition) is 6. The number of nitrogens with zero attached hydrogens (tertiary/aromatic N) is 2. The van der Waals surface area contributed by atoms with Crippen LogP contribution < -0.4 is 0 Å². The third kappa shape index (κ3) is 4.40. The minimum absolute atomic E-state index is 0.0949. The lowest BCUT2D eigenvalue weighted by molar-refractivity contribution is -0.163. The second-order valence-corrected chi connectivity index (χ2v) is 12.5. The number of benzene rings is 2. The van der Waals surface area contributed by atoms with E-state index in [0.29, 0.717) is 19.6 Å². The molecule has 9 nitrogen and oxygen atoms in total. The summed E-state index contributed by atoms with van der Waals surface area (Å²) in [7, 11) is 0. The van der Waals surface area contributed by atoms with Crippen molar-refractivity contribution in [3.05, 3.63) is 59.7 Å². The zero-order valence-corrected chi connectivity index (χ0v) is 23.2. The molecule has 2 amide bonds. The van der Waals surface area contributed by atoms with Crippen molar-refractivity contribution in [3.63, 3.8) is 0 Å². The molecular formula is C31H36N2O7. The molecular weight excluding hydrogens is 512 g/mol. The quantitative estimate of drug-likeness (QED) is 0.568. The highest BCUT2D eigenvalue weighted by molar-refractivity contribution is 5.89. The van der Waals surface area contributed by atoms with Crippen LogP contribution in [-0.2, 0) is 19.0 Å². The lowest BCUT2D eigenvalue weighted by Crippen LogP contribution is -2.77. The van der Waals surface area contributed by atoms with Crippen molar-refractivity contribution in [2.24, 2.45) is 5.41 Å². The summed E-state index contributed by atoms with van der Waals surface area (Å²) in [6, 6.07) is 15.9. The number of hydrogen-bond donors (Lipinski definition) is 1. The van der Waals surface area contributed by atoms with Crippen LogP contribution in [0.25, 0.3) is 11.1 Å². The van der Waals surface area contributed by atoms with E-state index in [1.54, 1.807) is 20.8 Å². The van der Waals surface area contributed by atoms with Crippen molar-refractivity contribution in [3.8, 4) is 11.1 Å². The minimum atomic E-state index is -1.58. The number of carbonyl (C=O) groups is 3. The van der Waals surface area contributed by atoms with E-state index < -0.39 is 29.3 Å². The molecule has 1 N–H and O–H groups in total. The lowest BCUT2D eigenvalue weighted by atomic mass is 9.86. The SMILES string of the molecule is CC(C)(C)OC(=O)N1CC(C(=O)O)(N(C(=O)OCC2c3ccccc3-c3ccccc32)C2CC23CCOCC3)C1. The molecule has 0 radical (unpaired) electrons. The summed E-state index contributed by atoms with van der Waals surface area (Å²) in [6.45, 7) is 6.25. The van der Waals surface area contributed by atoms with Gasteiger partial charge in [-0.15, -0.1) is 0 Å². The molecule has 1 saturated carbocycles. The Balaban J connectivity index is 1.26. The molecule has 2 aromatic rings. The van der Waals surface area contributed by atoms with Crippen LogP contribution in [0.1, 0.15) is 57.1 Å². The average molecular weight is 549 g/mol. The molecule has 9 heteroatoms. The van der Waals surface area contributed by atoms with Crippen molar-refractivity contribution in [1.82, 2.24) is 9.80 Å². The number of carboxylic acid groups (broad SMARTS) is 1. The lowest BCUT2D eigenvalue weighted by Gasteiger charge is -2.52. The maximum Gasteiger partial charge on any atom is 0.411 e. The van der Waals surface area contributed by atoms with Gasteiger partial charge in [-0.2, -0.15) is 0 Å². The van der Waals surface area contributed by atoms with Crippen LogP contribution in [0.3, 0.4) is 0 Å². The van der Waals surface area contributed by atoms with Gasteiger partial charge in [0, 0.05) is 25.2 Å². The van der Waals surface area contributed by atoms with E-state index in [0.717, 1.165) is 35.1 Å². The number of rotatable bonds is 5. The van der Waals surface area contributed by atoms with E-state index in [2.05, 4.69) is 12.1 Å². The van der Waals surface area contributed by atoms with E-state index >= 15 is 0 Å². The van der Waals surface area contributed by atoms with Gasteiger partial charge in [0.05, 0.1) is 13.1 Å². The molecule has 0 aromatic heterocycles. The molecule has 40 heavy (non-hydrogen) atoms. The second kappa shape index (κ2) is 9.51. The number of ether oxygens (including phenoxy) is 3. The fourth-order valence-corrected chi connectivity index (χ4v) is 6.70. The van der Waals surface area contributed by atoms with Gasteiger partial charge >= 0.3 is 18.2 Å². The molecule has 2 aliphatic heterocycles. The zero-order valence-electron chi connectivity index (χ0n) is 23.2. The summed E-state index contributed by atoms with van der Waals surface area (Å²) in [6.07, 6.45) is 0.976. The highest BCUT2D eigenvalue weighted by atomic mass is 16.6. The first-order valence-corrected chi connectivity index (χ1v) is 14.0. The Morgan fingerprint density at radius 2 is 1.57 bits per heavy atom. The number of fused-ring (bicyclic) bond motifs is 3. The predicted molar refractivity (Wildman–Crippen MR) is 146 cm³/mol. The summed E-state index contributed by atoms with van der Waals surface area (Å²) < 4.78 is 17.0. The van der Waals surface area contributed by atoms with Gasteiger partial charge in [0.25, 0.3) is 0 Å². The first-order chi connectivity index (χ1) is 19.0. The van der Waals surface area contributed by atoms with Crippen molar-refractivity contribution < 1.29 is 33.7 Å². The van der Waals surface area contributed by atoms with Crippen LogP contribution >= 0.6 is 0 Å². The molecule has 212 valence electrons. The summed E-state index contributed by atoms with van der Waals surface area (Å²) in [5.74, 6) is -1.29. The van der Waals surface area contributed by atoms with Gasteiger partial charge in [-0.1, -0.05) is 48.5 Å². The smallest absolute Gasteiger partial charge is 0.411 e. The number of amides is 2. The van der Waals surface area contributed by atoms with Crippen molar-refractivity contribution >= 4 is 18.2 Å². The molecule has 6 rings (SSSR count). The van der Waals surface area contributed by atoms with Gasteiger partial charge in [-0.25, -0.2) is 14.4 Å². The average Bonchev–Trinajstić information content (AvgIpc) is 3.45. The standard InChI is InChI=1S/C31H36N2O7/c1-29(2,3)40-27(36)32-18-31(19-32,26(34)35)33(25-16-30(25)12-14-38-15-13-30)28(37)39-17-24-22-10-6-4-8-20(22)21-9-5-7-11-23(21)24/h4-11,24-25H,12-19H2,1-3H3,(H,34,35). The topological polar surface area (TPSA) is 106 Å². The zero-order chi connectivity index (χ0) is 28.3. The van der Waals surface area contributed by atoms with Gasteiger partial charge < -0.3 is 24.2 Å². The third-order valence-electron chi connectivity index (χ3n) is 8.90. The first kappa shape index (κ1) is 26.6. The third-order valence-corrected chi connectivity index (χ3v) is 8.90. The van der Waals surface area contributed by atoms with E-state index in [9.17, 15) is 19.5 Å². The monoisotopic (exact) mass is 548 g/mol. The van der Waals surface area contributed by atoms with E-state index in [1.807, 2.05) is 36.4 Å². The van der Waals surface area contributed by atoms with Crippen LogP contribution in [0.15, 0.2) is 48.5 Å². The number of carbonyl (C=O) groups excluding carboxylic acids is 2. The van der Waals surface area contributed by atoms with E-state index in [1.165, 1.54) is 9.80 Å². The summed E-state index contributed by atoms with van der Waals surface area (Å²) in [5.41, 5.74) is 1.94. The molecule has 2 aliphatic carbocycles. The number of aliphatic carboxylic acids is 1. The van der Waals surface area contributed by atoms with Gasteiger partial charge in [-0.3, -0.25) is 4.90 Å². The molecule has 1 atom stereocenters. The largest absolute Gasteiger partial charge is 0.479 e. The van der Waals surface area contributed by atoms with Gasteiger partial charge in [0.1, 0.15) is 12.2 Å². The Morgan fingerprint density at radius 3 is 2.12 bits per heavy atom. The Morgan fingerprint density at radius 1 is 1.00 bits per heavy atom. The van der Waals surface area contributed by atoms with Crippen LogP contribution in [0.5, 0.6) is 0 Å². The van der Waals surface area contributed by atoms with Gasteiger partial charge in [0.15, 0.2) is 5.54 Å². The number of carboxylic acids is 1. The second-order valence-electron chi connectivity index (χ2n) is 12.5. The van der Waals surface area contributed by atoms with Crippen molar-refractivity contribution in [2.45, 2.75) is 63.1 Å². The molecule has 0 bridgehead atoms. The Bertz CT molecular complexity index is 1290. The fraction of sp³-hybridized carbons (Fsp3) is 0.516. The highest BCUT2D eigenvalue weighted by Crippen LogP contribution is 2.58. The Labute approximate surface area is 234 Å². The molecule has 2 saturated heterocycles. The first-order valence-electron chi connectivity index (χ1n) is 14.0. The molecule has 1 spiro atoms. The molecule has 4 aliphatic rings. The molecule has 3 fully saturated rings. The maximum atomic E-state index is 14.0. The normalized spacial score (nSPS) is 22.1. The van der Waals surface area contributed by atoms with Crippen LogP contribution in [0.2, 0.25) is 0 Å². The summed E-state index contributed by atoms with van der Waals surface area (Å²) in [5, 5.41) is 10.5. The molecule has 1 unspecified atom stereocenters. The summed E-state index contributed by atoms with van der Waals surface area (Å²) >= 11 is 0. The number of likely N-dealkylation sites (tertiary alicyclic amines) is 1. The van der Waals surface area contributed by atoms with Crippen LogP contribution in [0, 0.1) is 5.41 Å². The van der Waals surface area contributed by atoms with E-state index in [4.69, 9.17) is 14.2 Å². The van der Waals surface area contributed by atoms with Crippen molar-refractivity contribution in [2.75, 3.05) is 32.9 Å². The summed E-state index contributed by atoms with van der Waals surface area (Å²) in [4.78, 5) is 42.3. The fourth-order valence-electron chi connectivity index (χ4n) is 6.70. The van der Waals surface area contributed by atoms with Gasteiger partial charge in [-0.05, 0) is 67.7 Å². The maximum absolute atomic E-state index is 14.0. The molecule has 2 heterocycles. The van der Waals surface area contributed by atoms with Crippen LogP contribution in [0.4, 0.5) is 9.59 Å². The Kier molecular flexibility index (Phi) is 6.33. The highest BCUT2D eigenvalue weighted by Gasteiger charge is 2.68. The minimum Gasteiger partial charge on any atom is -0.479 e. The molecule has 2 aromatic carbocycles. The van der Waals surface area contributed by atoms with Crippen LogP contribution in [-0.4, -0.2) is 83.2 Å². The Hall–Kier alpha value is -3.59.